The van der Waals surface area contributed by atoms with Crippen molar-refractivity contribution in [2.45, 2.75) is 39.3 Å². The van der Waals surface area contributed by atoms with Crippen molar-refractivity contribution < 1.29 is 19.0 Å². The second-order valence-corrected chi connectivity index (χ2v) is 4.92. The molecular weight excluding hydrogens is 261 g/mol. The van der Waals surface area contributed by atoms with Crippen molar-refractivity contribution in [3.8, 4) is 0 Å². The number of ether oxygens (including phenoxy) is 1. The predicted molar refractivity (Wildman–Crippen MR) is 75.4 cm³/mol. The lowest BCUT2D eigenvalue weighted by Gasteiger charge is -2.08. The molecule has 5 heteroatoms. The second kappa shape index (κ2) is 8.66. The molecule has 0 atom stereocenters. The van der Waals surface area contributed by atoms with E-state index in [1.54, 1.807) is 6.07 Å². The van der Waals surface area contributed by atoms with Gasteiger partial charge in [-0.2, -0.15) is 0 Å². The molecule has 0 aliphatic rings. The molecule has 0 aromatic heterocycles. The number of unbranched alkanes of at least 4 members (excludes halogenated alkanes) is 1. The van der Waals surface area contributed by atoms with E-state index in [0.717, 1.165) is 31.6 Å². The minimum absolute atomic E-state index is 0.263. The first-order chi connectivity index (χ1) is 9.50. The summed E-state index contributed by atoms with van der Waals surface area (Å²) in [7, 11) is 0. The van der Waals surface area contributed by atoms with Gasteiger partial charge in [0.25, 0.3) is 0 Å². The van der Waals surface area contributed by atoms with Crippen LogP contribution in [0.3, 0.4) is 0 Å². The van der Waals surface area contributed by atoms with Gasteiger partial charge in [-0.05, 0) is 50.9 Å². The number of halogens is 1. The van der Waals surface area contributed by atoms with Gasteiger partial charge in [0.05, 0.1) is 11.7 Å². The highest BCUT2D eigenvalue weighted by Crippen LogP contribution is 2.10. The lowest BCUT2D eigenvalue weighted by Crippen LogP contribution is -2.16. The summed E-state index contributed by atoms with van der Waals surface area (Å²) in [6.45, 7) is 6.12. The Morgan fingerprint density at radius 3 is 2.75 bits per heavy atom. The quantitative estimate of drug-likeness (QED) is 0.684. The summed E-state index contributed by atoms with van der Waals surface area (Å²) in [5, 5.41) is 11.9. The van der Waals surface area contributed by atoms with Crippen molar-refractivity contribution in [3.05, 3.63) is 35.1 Å². The molecule has 0 bridgehead atoms. The van der Waals surface area contributed by atoms with Crippen LogP contribution in [0.1, 0.15) is 42.6 Å². The van der Waals surface area contributed by atoms with Crippen molar-refractivity contribution in [3.63, 3.8) is 0 Å². The fourth-order valence-electron chi connectivity index (χ4n) is 1.75. The molecule has 0 radical (unpaired) electrons. The van der Waals surface area contributed by atoms with Gasteiger partial charge in [-0.15, -0.1) is 0 Å². The van der Waals surface area contributed by atoms with Gasteiger partial charge in [0.2, 0.25) is 0 Å². The lowest BCUT2D eigenvalue weighted by atomic mass is 10.1. The van der Waals surface area contributed by atoms with Crippen LogP contribution in [-0.4, -0.2) is 30.3 Å². The average Bonchev–Trinajstić information content (AvgIpc) is 2.37. The summed E-state index contributed by atoms with van der Waals surface area (Å²) in [5.41, 5.74) is 0.450. The van der Waals surface area contributed by atoms with Gasteiger partial charge in [-0.1, -0.05) is 6.07 Å². The Balaban J connectivity index is 2.22. The lowest BCUT2D eigenvalue weighted by molar-refractivity contribution is 0.0691. The molecule has 0 fully saturated rings. The molecule has 0 saturated carbocycles. The summed E-state index contributed by atoms with van der Waals surface area (Å²) in [4.78, 5) is 10.7. The number of rotatable bonds is 9. The van der Waals surface area contributed by atoms with Crippen molar-refractivity contribution >= 4 is 5.97 Å². The van der Waals surface area contributed by atoms with Crippen LogP contribution in [0, 0.1) is 5.82 Å². The highest BCUT2D eigenvalue weighted by atomic mass is 19.1. The molecule has 1 aromatic carbocycles. The number of nitrogens with one attached hydrogen (secondary N) is 1. The first-order valence-corrected chi connectivity index (χ1v) is 6.84. The third-order valence-corrected chi connectivity index (χ3v) is 2.79. The molecule has 0 heterocycles. The number of carboxylic acids is 1. The number of hydrogen-bond acceptors (Lipinski definition) is 3. The first kappa shape index (κ1) is 16.6. The topological polar surface area (TPSA) is 58.6 Å². The molecule has 4 nitrogen and oxygen atoms in total. The Kier molecular flexibility index (Phi) is 7.18. The van der Waals surface area contributed by atoms with Gasteiger partial charge < -0.3 is 15.2 Å². The van der Waals surface area contributed by atoms with Crippen LogP contribution in [0.4, 0.5) is 4.39 Å². The molecule has 1 rings (SSSR count). The van der Waals surface area contributed by atoms with Crippen molar-refractivity contribution in [1.29, 1.82) is 0 Å². The molecule has 0 saturated heterocycles. The smallest absolute Gasteiger partial charge is 0.338 e. The van der Waals surface area contributed by atoms with Crippen LogP contribution in [0.5, 0.6) is 0 Å². The van der Waals surface area contributed by atoms with E-state index in [1.165, 1.54) is 12.1 Å². The van der Waals surface area contributed by atoms with E-state index in [2.05, 4.69) is 5.32 Å². The fourth-order valence-corrected chi connectivity index (χ4v) is 1.75. The number of carboxylic acid groups (broad SMARTS) is 1. The molecule has 2 N–H and O–H groups in total. The zero-order valence-corrected chi connectivity index (χ0v) is 12.0. The van der Waals surface area contributed by atoms with E-state index in [4.69, 9.17) is 9.84 Å². The third kappa shape index (κ3) is 6.12. The second-order valence-electron chi connectivity index (χ2n) is 4.92. The monoisotopic (exact) mass is 283 g/mol. The van der Waals surface area contributed by atoms with E-state index in [-0.39, 0.29) is 11.7 Å². The van der Waals surface area contributed by atoms with Crippen LogP contribution in [0.25, 0.3) is 0 Å². The summed E-state index contributed by atoms with van der Waals surface area (Å²) in [6.07, 6.45) is 2.23. The van der Waals surface area contributed by atoms with Gasteiger partial charge >= 0.3 is 5.97 Å². The molecule has 1 aromatic rings. The Morgan fingerprint density at radius 2 is 2.15 bits per heavy atom. The van der Waals surface area contributed by atoms with Crippen molar-refractivity contribution in [1.82, 2.24) is 5.32 Å². The number of aromatic carboxylic acids is 1. The fraction of sp³-hybridized carbons (Fsp3) is 0.533. The zero-order chi connectivity index (χ0) is 15.0. The number of carbonyl (C=O) groups is 1. The number of hydrogen-bond donors (Lipinski definition) is 2. The van der Waals surface area contributed by atoms with Gasteiger partial charge in [-0.25, -0.2) is 9.18 Å². The summed E-state index contributed by atoms with van der Waals surface area (Å²) < 4.78 is 18.9. The van der Waals surface area contributed by atoms with E-state index < -0.39 is 11.8 Å². The van der Waals surface area contributed by atoms with Crippen molar-refractivity contribution in [2.75, 3.05) is 13.2 Å². The highest BCUT2D eigenvalue weighted by molar-refractivity contribution is 5.87. The van der Waals surface area contributed by atoms with E-state index in [9.17, 15) is 9.18 Å². The predicted octanol–water partition coefficient (Wildman–Crippen LogP) is 2.82. The average molecular weight is 283 g/mol. The maximum Gasteiger partial charge on any atom is 0.338 e. The molecule has 0 amide bonds. The summed E-state index contributed by atoms with van der Waals surface area (Å²) in [6, 6.07) is 4.19. The maximum absolute atomic E-state index is 13.4. The Hall–Kier alpha value is -1.46. The molecule has 0 aliphatic carbocycles. The standard InChI is InChI=1S/C15H22FNO3/c1-11(2)20-8-4-3-7-17-10-12-5-6-13(15(18)19)14(16)9-12/h5-6,9,11,17H,3-4,7-8,10H2,1-2H3,(H,18,19). The van der Waals surface area contributed by atoms with Gasteiger partial charge in [0.15, 0.2) is 0 Å². The molecule has 112 valence electrons. The van der Waals surface area contributed by atoms with Crippen LogP contribution < -0.4 is 5.32 Å². The Labute approximate surface area is 119 Å². The SMILES string of the molecule is CC(C)OCCCCNCc1ccc(C(=O)O)c(F)c1. The summed E-state index contributed by atoms with van der Waals surface area (Å²) >= 11 is 0. The van der Waals surface area contributed by atoms with E-state index in [1.807, 2.05) is 13.8 Å². The minimum atomic E-state index is -1.24. The third-order valence-electron chi connectivity index (χ3n) is 2.79. The summed E-state index contributed by atoms with van der Waals surface area (Å²) in [5.74, 6) is -1.94. The van der Waals surface area contributed by atoms with E-state index in [0.29, 0.717) is 6.54 Å². The van der Waals surface area contributed by atoms with E-state index >= 15 is 0 Å². The van der Waals surface area contributed by atoms with Crippen LogP contribution in [0.15, 0.2) is 18.2 Å². The largest absolute Gasteiger partial charge is 0.478 e. The normalized spacial score (nSPS) is 11.0. The molecule has 20 heavy (non-hydrogen) atoms. The van der Waals surface area contributed by atoms with Crippen molar-refractivity contribution in [2.24, 2.45) is 0 Å². The maximum atomic E-state index is 13.4. The van der Waals surface area contributed by atoms with Crippen LogP contribution >= 0.6 is 0 Å². The zero-order valence-electron chi connectivity index (χ0n) is 12.0. The van der Waals surface area contributed by atoms with Gasteiger partial charge in [0.1, 0.15) is 5.82 Å². The molecule has 0 unspecified atom stereocenters. The molecule has 0 aliphatic heterocycles. The molecule has 0 spiro atoms. The Bertz CT molecular complexity index is 435. The number of benzene rings is 1. The van der Waals surface area contributed by atoms with Gasteiger partial charge in [-0.3, -0.25) is 0 Å². The van der Waals surface area contributed by atoms with Crippen LogP contribution in [-0.2, 0) is 11.3 Å². The first-order valence-electron chi connectivity index (χ1n) is 6.84. The van der Waals surface area contributed by atoms with Crippen LogP contribution in [0.2, 0.25) is 0 Å². The minimum Gasteiger partial charge on any atom is -0.478 e. The Morgan fingerprint density at radius 1 is 1.40 bits per heavy atom. The highest BCUT2D eigenvalue weighted by Gasteiger charge is 2.09. The molecular formula is C15H22FNO3. The van der Waals surface area contributed by atoms with Gasteiger partial charge in [0, 0.05) is 13.2 Å².